The Kier molecular flexibility index (Phi) is 4.04. The Hall–Kier alpha value is -2.98. The highest BCUT2D eigenvalue weighted by Crippen LogP contribution is 2.36. The zero-order chi connectivity index (χ0) is 17.2. The number of hydrogen-bond acceptors (Lipinski definition) is 3. The molecule has 0 unspecified atom stereocenters. The number of para-hydroxylation sites is 1. The van der Waals surface area contributed by atoms with Gasteiger partial charge in [0, 0.05) is 22.2 Å². The predicted octanol–water partition coefficient (Wildman–Crippen LogP) is 5.63. The van der Waals surface area contributed by atoms with E-state index in [2.05, 4.69) is 21.4 Å². The molecule has 4 rings (SSSR count). The number of fused-ring (bicyclic) bond motifs is 1. The van der Waals surface area contributed by atoms with Crippen LogP contribution >= 0.6 is 11.6 Å². The SMILES string of the molecule is Fc1cccc(Cl)c1-c1c[c]ccc1Nc1ncnc2ccccc12. The Morgan fingerprint density at radius 1 is 1.00 bits per heavy atom. The molecule has 5 heteroatoms. The average Bonchev–Trinajstić information content (AvgIpc) is 2.63. The van der Waals surface area contributed by atoms with Gasteiger partial charge in [-0.15, -0.1) is 0 Å². The first-order valence-electron chi connectivity index (χ1n) is 7.65. The number of nitrogens with zero attached hydrogens (tertiary/aromatic N) is 2. The van der Waals surface area contributed by atoms with Gasteiger partial charge in [-0.1, -0.05) is 35.9 Å². The topological polar surface area (TPSA) is 37.8 Å². The molecule has 0 spiro atoms. The third-order valence-corrected chi connectivity index (χ3v) is 4.21. The number of benzene rings is 3. The van der Waals surface area contributed by atoms with Crippen molar-refractivity contribution in [2.45, 2.75) is 0 Å². The van der Waals surface area contributed by atoms with Crippen LogP contribution in [0.25, 0.3) is 22.0 Å². The second-order valence-electron chi connectivity index (χ2n) is 5.43. The van der Waals surface area contributed by atoms with Crippen LogP contribution in [0.4, 0.5) is 15.9 Å². The van der Waals surface area contributed by atoms with Crippen molar-refractivity contribution in [3.05, 3.63) is 83.9 Å². The van der Waals surface area contributed by atoms with E-state index in [9.17, 15) is 4.39 Å². The molecule has 1 heterocycles. The summed E-state index contributed by atoms with van der Waals surface area (Å²) >= 11 is 6.23. The van der Waals surface area contributed by atoms with Gasteiger partial charge in [-0.3, -0.25) is 0 Å². The number of anilines is 2. The van der Waals surface area contributed by atoms with Crippen LogP contribution in [-0.2, 0) is 0 Å². The quantitative estimate of drug-likeness (QED) is 0.521. The largest absolute Gasteiger partial charge is 0.339 e. The summed E-state index contributed by atoms with van der Waals surface area (Å²) in [7, 11) is 0. The Bertz CT molecular complexity index is 1040. The molecule has 1 aromatic heterocycles. The van der Waals surface area contributed by atoms with Crippen LogP contribution in [0, 0.1) is 11.9 Å². The third kappa shape index (κ3) is 2.92. The molecule has 0 aliphatic heterocycles. The van der Waals surface area contributed by atoms with E-state index in [-0.39, 0.29) is 5.82 Å². The van der Waals surface area contributed by atoms with E-state index in [1.165, 1.54) is 12.4 Å². The van der Waals surface area contributed by atoms with E-state index >= 15 is 0 Å². The van der Waals surface area contributed by atoms with E-state index < -0.39 is 0 Å². The minimum absolute atomic E-state index is 0.335. The first-order chi connectivity index (χ1) is 12.2. The highest BCUT2D eigenvalue weighted by molar-refractivity contribution is 6.33. The van der Waals surface area contributed by atoms with Crippen molar-refractivity contribution in [3.8, 4) is 11.1 Å². The van der Waals surface area contributed by atoms with Crippen LogP contribution in [0.1, 0.15) is 0 Å². The van der Waals surface area contributed by atoms with Gasteiger partial charge in [-0.25, -0.2) is 14.4 Å². The number of aromatic nitrogens is 2. The molecule has 0 amide bonds. The summed E-state index contributed by atoms with van der Waals surface area (Å²) in [5, 5.41) is 4.49. The maximum absolute atomic E-state index is 14.4. The van der Waals surface area contributed by atoms with Crippen LogP contribution < -0.4 is 5.32 Å². The molecule has 3 aromatic carbocycles. The molecular weight excluding hydrogens is 337 g/mol. The summed E-state index contributed by atoms with van der Waals surface area (Å²) in [5.74, 6) is 0.258. The fourth-order valence-corrected chi connectivity index (χ4v) is 3.00. The van der Waals surface area contributed by atoms with Crippen molar-refractivity contribution >= 4 is 34.0 Å². The summed E-state index contributed by atoms with van der Waals surface area (Å²) in [6, 6.07) is 20.6. The van der Waals surface area contributed by atoms with E-state index in [1.54, 1.807) is 24.3 Å². The first kappa shape index (κ1) is 15.5. The molecule has 121 valence electrons. The van der Waals surface area contributed by atoms with Crippen LogP contribution in [0.3, 0.4) is 0 Å². The normalized spacial score (nSPS) is 10.8. The lowest BCUT2D eigenvalue weighted by Crippen LogP contribution is -1.98. The summed E-state index contributed by atoms with van der Waals surface area (Å²) in [5.41, 5.74) is 2.47. The Morgan fingerprint density at radius 3 is 2.76 bits per heavy atom. The van der Waals surface area contributed by atoms with Crippen molar-refractivity contribution in [3.63, 3.8) is 0 Å². The fourth-order valence-electron chi connectivity index (χ4n) is 2.73. The Morgan fingerprint density at radius 2 is 1.88 bits per heavy atom. The van der Waals surface area contributed by atoms with Crippen molar-refractivity contribution < 1.29 is 4.39 Å². The molecule has 0 aliphatic carbocycles. The maximum Gasteiger partial charge on any atom is 0.141 e. The van der Waals surface area contributed by atoms with Crippen molar-refractivity contribution in [2.75, 3.05) is 5.32 Å². The molecule has 1 radical (unpaired) electrons. The van der Waals surface area contributed by atoms with Gasteiger partial charge in [0.1, 0.15) is 18.0 Å². The first-order valence-corrected chi connectivity index (χ1v) is 8.03. The highest BCUT2D eigenvalue weighted by atomic mass is 35.5. The van der Waals surface area contributed by atoms with Crippen molar-refractivity contribution in [1.29, 1.82) is 0 Å². The van der Waals surface area contributed by atoms with E-state index in [0.717, 1.165) is 10.9 Å². The van der Waals surface area contributed by atoms with Crippen LogP contribution in [0.2, 0.25) is 5.02 Å². The highest BCUT2D eigenvalue weighted by Gasteiger charge is 2.14. The van der Waals surface area contributed by atoms with Crippen LogP contribution in [0.5, 0.6) is 0 Å². The van der Waals surface area contributed by atoms with Gasteiger partial charge in [0.25, 0.3) is 0 Å². The minimum Gasteiger partial charge on any atom is -0.339 e. The smallest absolute Gasteiger partial charge is 0.141 e. The lowest BCUT2D eigenvalue weighted by Gasteiger charge is -2.14. The zero-order valence-corrected chi connectivity index (χ0v) is 13.8. The average molecular weight is 349 g/mol. The summed E-state index contributed by atoms with van der Waals surface area (Å²) < 4.78 is 14.4. The van der Waals surface area contributed by atoms with E-state index in [4.69, 9.17) is 11.6 Å². The van der Waals surface area contributed by atoms with Gasteiger partial charge in [-0.05, 0) is 42.5 Å². The van der Waals surface area contributed by atoms with Gasteiger partial charge in [-0.2, -0.15) is 0 Å². The predicted molar refractivity (Wildman–Crippen MR) is 98.5 cm³/mol. The van der Waals surface area contributed by atoms with E-state index in [1.807, 2.05) is 30.3 Å². The lowest BCUT2D eigenvalue weighted by atomic mass is 10.0. The van der Waals surface area contributed by atoms with Crippen LogP contribution in [0.15, 0.2) is 67.0 Å². The van der Waals surface area contributed by atoms with Gasteiger partial charge in [0.05, 0.1) is 10.5 Å². The molecule has 0 saturated heterocycles. The van der Waals surface area contributed by atoms with Crippen molar-refractivity contribution in [1.82, 2.24) is 9.97 Å². The molecule has 0 saturated carbocycles. The number of rotatable bonds is 3. The van der Waals surface area contributed by atoms with Crippen molar-refractivity contribution in [2.24, 2.45) is 0 Å². The number of halogens is 2. The number of nitrogens with one attached hydrogen (secondary N) is 1. The van der Waals surface area contributed by atoms with Gasteiger partial charge in [0.2, 0.25) is 0 Å². The molecule has 3 nitrogen and oxygen atoms in total. The van der Waals surface area contributed by atoms with Gasteiger partial charge in [0.15, 0.2) is 0 Å². The molecule has 1 N–H and O–H groups in total. The third-order valence-electron chi connectivity index (χ3n) is 3.89. The molecule has 0 bridgehead atoms. The second kappa shape index (κ2) is 6.49. The zero-order valence-electron chi connectivity index (χ0n) is 13.0. The Balaban J connectivity index is 1.85. The lowest BCUT2D eigenvalue weighted by molar-refractivity contribution is 0.631. The molecule has 0 aliphatic rings. The summed E-state index contributed by atoms with van der Waals surface area (Å²) in [6.45, 7) is 0. The van der Waals surface area contributed by atoms with Crippen LogP contribution in [-0.4, -0.2) is 9.97 Å². The minimum atomic E-state index is -0.386. The molecular formula is C20H12ClFN3. The second-order valence-corrected chi connectivity index (χ2v) is 5.84. The van der Waals surface area contributed by atoms with E-state index in [0.29, 0.717) is 27.7 Å². The monoisotopic (exact) mass is 348 g/mol. The van der Waals surface area contributed by atoms with Gasteiger partial charge < -0.3 is 5.32 Å². The Labute approximate surface area is 149 Å². The van der Waals surface area contributed by atoms with Gasteiger partial charge >= 0.3 is 0 Å². The fraction of sp³-hybridized carbons (Fsp3) is 0. The summed E-state index contributed by atoms with van der Waals surface area (Å²) in [6.07, 6.45) is 1.50. The molecule has 25 heavy (non-hydrogen) atoms. The number of hydrogen-bond donors (Lipinski definition) is 1. The summed E-state index contributed by atoms with van der Waals surface area (Å²) in [4.78, 5) is 8.58. The standard InChI is InChI=1S/C20H12ClFN3/c21-15-8-5-9-16(22)19(15)13-6-1-4-11-18(13)25-20-14-7-2-3-10-17(14)23-12-24-20/h2-12H,(H,23,24,25). The molecule has 0 atom stereocenters. The molecule has 4 aromatic rings. The maximum atomic E-state index is 14.4. The molecule has 0 fully saturated rings.